The van der Waals surface area contributed by atoms with Crippen LogP contribution >= 0.6 is 12.2 Å². The molecule has 0 fully saturated rings. The van der Waals surface area contributed by atoms with E-state index in [0.29, 0.717) is 39.0 Å². The summed E-state index contributed by atoms with van der Waals surface area (Å²) in [5, 5.41) is 12.4. The van der Waals surface area contributed by atoms with Crippen LogP contribution in [0.1, 0.15) is 36.6 Å². The topological polar surface area (TPSA) is 110 Å². The Morgan fingerprint density at radius 1 is 0.978 bits per heavy atom. The van der Waals surface area contributed by atoms with Crippen molar-refractivity contribution in [3.63, 3.8) is 0 Å². The molecule has 1 amide bonds. The summed E-state index contributed by atoms with van der Waals surface area (Å²) in [6, 6.07) is 24.0. The van der Waals surface area contributed by atoms with Gasteiger partial charge in [0.05, 0.1) is 24.4 Å². The number of nitrogens with one attached hydrogen (secondary N) is 3. The lowest BCUT2D eigenvalue weighted by Crippen LogP contribution is -2.45. The Balaban J connectivity index is 1.29. The van der Waals surface area contributed by atoms with Gasteiger partial charge >= 0.3 is 5.97 Å². The van der Waals surface area contributed by atoms with Crippen LogP contribution in [0.15, 0.2) is 101 Å². The first-order valence-corrected chi connectivity index (χ1v) is 14.6. The van der Waals surface area contributed by atoms with Crippen LogP contribution in [0.5, 0.6) is 11.5 Å². The van der Waals surface area contributed by atoms with Crippen LogP contribution in [0.2, 0.25) is 0 Å². The number of rotatable bonds is 11. The zero-order valence-corrected chi connectivity index (χ0v) is 25.5. The first-order valence-electron chi connectivity index (χ1n) is 14.2. The lowest BCUT2D eigenvalue weighted by molar-refractivity contribution is -0.139. The normalized spacial score (nSPS) is 14.6. The van der Waals surface area contributed by atoms with Crippen LogP contribution in [0.3, 0.4) is 0 Å². The fraction of sp³-hybridized carbons (Fsp3) is 0.176. The van der Waals surface area contributed by atoms with E-state index < -0.39 is 17.9 Å². The van der Waals surface area contributed by atoms with Crippen molar-refractivity contribution < 1.29 is 28.2 Å². The highest BCUT2D eigenvalue weighted by atomic mass is 32.1. The number of carbonyl (C=O) groups is 2. The van der Waals surface area contributed by atoms with Crippen molar-refractivity contribution in [2.45, 2.75) is 26.5 Å². The van der Waals surface area contributed by atoms with E-state index in [2.05, 4.69) is 21.2 Å². The van der Waals surface area contributed by atoms with E-state index in [-0.39, 0.29) is 25.6 Å². The molecule has 0 unspecified atom stereocenters. The summed E-state index contributed by atoms with van der Waals surface area (Å²) in [6.07, 6.45) is 1.52. The van der Waals surface area contributed by atoms with Gasteiger partial charge in [0.1, 0.15) is 23.9 Å². The minimum atomic E-state index is -0.644. The smallest absolute Gasteiger partial charge is 0.338 e. The second-order valence-electron chi connectivity index (χ2n) is 10.0. The Morgan fingerprint density at radius 3 is 2.53 bits per heavy atom. The van der Waals surface area contributed by atoms with Gasteiger partial charge in [-0.25, -0.2) is 14.6 Å². The predicted molar refractivity (Wildman–Crippen MR) is 173 cm³/mol. The molecule has 9 nitrogen and oxygen atoms in total. The van der Waals surface area contributed by atoms with Crippen molar-refractivity contribution in [1.29, 1.82) is 0 Å². The lowest BCUT2D eigenvalue weighted by atomic mass is 9.95. The van der Waals surface area contributed by atoms with Gasteiger partial charge in [0.15, 0.2) is 11.7 Å². The molecule has 1 heterocycles. The maximum absolute atomic E-state index is 13.3. The molecular weight excluding hydrogens is 595 g/mol. The number of thiocarbonyl (C=S) groups is 1. The van der Waals surface area contributed by atoms with Crippen molar-refractivity contribution in [2.75, 3.05) is 13.2 Å². The number of esters is 1. The molecule has 5 rings (SSSR count). The van der Waals surface area contributed by atoms with Gasteiger partial charge in [0, 0.05) is 16.8 Å². The Morgan fingerprint density at radius 2 is 1.73 bits per heavy atom. The second kappa shape index (κ2) is 14.5. The highest BCUT2D eigenvalue weighted by molar-refractivity contribution is 7.80. The number of hydrogen-bond acceptors (Lipinski definition) is 7. The largest absolute Gasteiger partial charge is 0.488 e. The fourth-order valence-electron chi connectivity index (χ4n) is 4.88. The minimum absolute atomic E-state index is 0.215. The average Bonchev–Trinajstić information content (AvgIpc) is 3.03. The molecular formula is C34H31FN4O5S. The molecule has 45 heavy (non-hydrogen) atoms. The number of nitrogens with zero attached hydrogens (tertiary/aromatic N) is 1. The summed E-state index contributed by atoms with van der Waals surface area (Å²) in [6.45, 7) is 3.58. The van der Waals surface area contributed by atoms with E-state index >= 15 is 0 Å². The van der Waals surface area contributed by atoms with Gasteiger partial charge < -0.3 is 24.8 Å². The van der Waals surface area contributed by atoms with Crippen LogP contribution < -0.4 is 25.5 Å². The highest BCUT2D eigenvalue weighted by Gasteiger charge is 2.32. The molecule has 4 aromatic carbocycles. The Hall–Kier alpha value is -5.29. The van der Waals surface area contributed by atoms with Crippen molar-refractivity contribution in [2.24, 2.45) is 5.10 Å². The van der Waals surface area contributed by atoms with E-state index in [1.54, 1.807) is 50.2 Å². The van der Waals surface area contributed by atoms with Crippen LogP contribution in [0, 0.1) is 5.82 Å². The van der Waals surface area contributed by atoms with Gasteiger partial charge in [-0.1, -0.05) is 60.7 Å². The number of carbonyl (C=O) groups excluding carboxylic acids is 2. The van der Waals surface area contributed by atoms with E-state index in [1.807, 2.05) is 36.4 Å². The number of ether oxygens (including phenoxy) is 3. The van der Waals surface area contributed by atoms with Crippen molar-refractivity contribution in [3.8, 4) is 11.5 Å². The summed E-state index contributed by atoms with van der Waals surface area (Å²) in [5.41, 5.74) is 5.53. The van der Waals surface area contributed by atoms with Crippen LogP contribution in [-0.2, 0) is 20.9 Å². The van der Waals surface area contributed by atoms with Crippen LogP contribution in [-0.4, -0.2) is 36.4 Å². The van der Waals surface area contributed by atoms with Gasteiger partial charge in [0.25, 0.3) is 5.91 Å². The quantitative estimate of drug-likeness (QED) is 0.0874. The molecule has 11 heteroatoms. The maximum Gasteiger partial charge on any atom is 0.338 e. The summed E-state index contributed by atoms with van der Waals surface area (Å²) >= 11 is 5.33. The van der Waals surface area contributed by atoms with E-state index in [4.69, 9.17) is 26.4 Å². The molecule has 1 atom stereocenters. The van der Waals surface area contributed by atoms with E-state index in [9.17, 15) is 14.0 Å². The van der Waals surface area contributed by atoms with E-state index in [0.717, 1.165) is 16.3 Å². The molecule has 0 saturated heterocycles. The Kier molecular flexibility index (Phi) is 10.0. The highest BCUT2D eigenvalue weighted by Crippen LogP contribution is 2.33. The first kappa shape index (κ1) is 31.1. The van der Waals surface area contributed by atoms with Gasteiger partial charge in [-0.3, -0.25) is 4.79 Å². The third-order valence-electron chi connectivity index (χ3n) is 6.97. The predicted octanol–water partition coefficient (Wildman–Crippen LogP) is 5.44. The minimum Gasteiger partial charge on any atom is -0.488 e. The van der Waals surface area contributed by atoms with Crippen molar-refractivity contribution in [3.05, 3.63) is 119 Å². The summed E-state index contributed by atoms with van der Waals surface area (Å²) in [4.78, 5) is 25.6. The zero-order valence-electron chi connectivity index (χ0n) is 24.6. The van der Waals surface area contributed by atoms with Gasteiger partial charge in [-0.05, 0) is 66.7 Å². The number of hydrogen-bond donors (Lipinski definition) is 3. The standard InChI is InChI=1S/C34H31FN4O5S/c1-3-42-33(41)31-21(2)37-34(45)38-32(31)26-10-6-7-11-28(26)44-20-30(40)39-36-18-27-25-9-5-4-8-23(25)14-17-29(27)43-19-22-12-15-24(35)16-13-22/h4-18,32H,3,19-20H2,1-2H3,(H,39,40)(H2,37,38,45)/t32-/m1/s1. The fourth-order valence-corrected chi connectivity index (χ4v) is 5.15. The Labute approximate surface area is 265 Å². The van der Waals surface area contributed by atoms with Gasteiger partial charge in [-0.2, -0.15) is 5.10 Å². The Bertz CT molecular complexity index is 1790. The molecule has 0 bridgehead atoms. The molecule has 0 saturated carbocycles. The molecule has 1 aliphatic heterocycles. The number of para-hydroxylation sites is 1. The van der Waals surface area contributed by atoms with Gasteiger partial charge in [-0.15, -0.1) is 0 Å². The zero-order chi connectivity index (χ0) is 31.8. The number of allylic oxidation sites excluding steroid dienone is 1. The number of hydrazone groups is 1. The van der Waals surface area contributed by atoms with Crippen molar-refractivity contribution >= 4 is 46.2 Å². The molecule has 230 valence electrons. The van der Waals surface area contributed by atoms with Crippen LogP contribution in [0.25, 0.3) is 10.8 Å². The summed E-state index contributed by atoms with van der Waals surface area (Å²) < 4.78 is 30.5. The number of amides is 1. The monoisotopic (exact) mass is 626 g/mol. The lowest BCUT2D eigenvalue weighted by Gasteiger charge is -2.30. The summed E-state index contributed by atoms with van der Waals surface area (Å²) in [7, 11) is 0. The third kappa shape index (κ3) is 7.63. The molecule has 0 aromatic heterocycles. The molecule has 0 spiro atoms. The molecule has 0 radical (unpaired) electrons. The number of halogens is 1. The third-order valence-corrected chi connectivity index (χ3v) is 7.19. The number of fused-ring (bicyclic) bond motifs is 1. The van der Waals surface area contributed by atoms with Gasteiger partial charge in [0.2, 0.25) is 0 Å². The first-order chi connectivity index (χ1) is 21.8. The number of benzene rings is 4. The molecule has 3 N–H and O–H groups in total. The summed E-state index contributed by atoms with van der Waals surface area (Å²) in [5.74, 6) is -0.366. The second-order valence-corrected chi connectivity index (χ2v) is 10.4. The van der Waals surface area contributed by atoms with Crippen molar-refractivity contribution in [1.82, 2.24) is 16.1 Å². The molecule has 1 aliphatic rings. The van der Waals surface area contributed by atoms with E-state index in [1.165, 1.54) is 18.3 Å². The molecule has 0 aliphatic carbocycles. The van der Waals surface area contributed by atoms with Crippen LogP contribution in [0.4, 0.5) is 4.39 Å². The maximum atomic E-state index is 13.3. The molecule has 4 aromatic rings. The SMILES string of the molecule is CCOC(=O)C1=C(C)NC(=S)N[C@@H]1c1ccccc1OCC(=O)NN=Cc1c(OCc2ccc(F)cc2)ccc2ccccc12. The average molecular weight is 627 g/mol.